The van der Waals surface area contributed by atoms with Crippen molar-refractivity contribution < 1.29 is 42.1 Å². The quantitative estimate of drug-likeness (QED) is 0.342. The van der Waals surface area contributed by atoms with Crippen LogP contribution in [0.5, 0.6) is 0 Å². The fourth-order valence-corrected chi connectivity index (χ4v) is 9.53. The van der Waals surface area contributed by atoms with Crippen LogP contribution in [0.2, 0.25) is 4.22 Å². The van der Waals surface area contributed by atoms with Gasteiger partial charge in [0.2, 0.25) is 0 Å². The molecule has 3 rings (SSSR count). The van der Waals surface area contributed by atoms with E-state index in [0.29, 0.717) is 6.42 Å². The Labute approximate surface area is 194 Å². The van der Waals surface area contributed by atoms with E-state index in [9.17, 15) is 14.4 Å². The third-order valence-electron chi connectivity index (χ3n) is 6.26. The Morgan fingerprint density at radius 1 is 0.750 bits per heavy atom. The molecule has 0 radical (unpaired) electrons. The van der Waals surface area contributed by atoms with E-state index in [1.165, 1.54) is 37.5 Å². The van der Waals surface area contributed by atoms with E-state index in [-0.39, 0.29) is 16.7 Å². The second-order valence-electron chi connectivity index (χ2n) is 9.03. The summed E-state index contributed by atoms with van der Waals surface area (Å²) < 4.78 is 17.2. The Morgan fingerprint density at radius 3 is 1.72 bits per heavy atom. The molecule has 0 aromatic rings. The molecule has 172 valence electrons. The summed E-state index contributed by atoms with van der Waals surface area (Å²) in [6.07, 6.45) is 7.59. The fourth-order valence-electron chi connectivity index (χ4n) is 4.67. The first kappa shape index (κ1) is 24.5. The molecule has 6 nitrogen and oxygen atoms in total. The van der Waals surface area contributed by atoms with Crippen molar-refractivity contribution >= 4 is 17.9 Å². The van der Waals surface area contributed by atoms with E-state index in [2.05, 4.69) is 19.7 Å². The molecule has 0 aromatic heterocycles. The van der Waals surface area contributed by atoms with Crippen LogP contribution in [0.15, 0.2) is 58.7 Å². The number of carbonyl (C=O) groups excluding carboxylic acids is 3. The van der Waals surface area contributed by atoms with Gasteiger partial charge in [-0.2, -0.15) is 0 Å². The van der Waals surface area contributed by atoms with E-state index >= 15 is 0 Å². The van der Waals surface area contributed by atoms with Gasteiger partial charge >= 0.3 is 195 Å². The molecule has 1 atom stereocenters. The summed E-state index contributed by atoms with van der Waals surface area (Å²) in [6.45, 7) is 15.5. The molecule has 0 heterocycles. The number of hydrogen-bond acceptors (Lipinski definition) is 6. The Morgan fingerprint density at radius 2 is 1.22 bits per heavy atom. The van der Waals surface area contributed by atoms with Crippen molar-refractivity contribution in [2.75, 3.05) is 0 Å². The molecule has 0 N–H and O–H groups in total. The molecule has 0 aliphatic heterocycles. The Kier molecular flexibility index (Phi) is 7.46. The van der Waals surface area contributed by atoms with E-state index in [1.54, 1.807) is 0 Å². The summed E-state index contributed by atoms with van der Waals surface area (Å²) in [4.78, 5) is 38.2. The molecule has 0 bridgehead atoms. The van der Waals surface area contributed by atoms with Crippen molar-refractivity contribution in [3.8, 4) is 0 Å². The van der Waals surface area contributed by atoms with Gasteiger partial charge in [0.1, 0.15) is 0 Å². The van der Waals surface area contributed by atoms with Gasteiger partial charge in [-0.25, -0.2) is 0 Å². The molecule has 3 aliphatic carbocycles. The first-order valence-electron chi connectivity index (χ1n) is 11.2. The molecule has 0 fully saturated rings. The topological polar surface area (TPSA) is 78.9 Å². The second-order valence-corrected chi connectivity index (χ2v) is 13.0. The summed E-state index contributed by atoms with van der Waals surface area (Å²) >= 11 is -4.93. The summed E-state index contributed by atoms with van der Waals surface area (Å²) in [6, 6.07) is 0. The van der Waals surface area contributed by atoms with E-state index in [4.69, 9.17) is 9.96 Å². The minimum absolute atomic E-state index is 0.145. The Balaban J connectivity index is 2.11. The van der Waals surface area contributed by atoms with Gasteiger partial charge in [0.15, 0.2) is 0 Å². The monoisotopic (exact) mass is 476 g/mol. The van der Waals surface area contributed by atoms with E-state index in [1.807, 2.05) is 0 Å². The summed E-state index contributed by atoms with van der Waals surface area (Å²) in [5.74, 6) is -2.17. The maximum absolute atomic E-state index is 12.7. The van der Waals surface area contributed by atoms with Crippen molar-refractivity contribution in [2.45, 2.75) is 76.4 Å². The van der Waals surface area contributed by atoms with Gasteiger partial charge in [-0.3, -0.25) is 0 Å². The minimum atomic E-state index is -4.93. The van der Waals surface area contributed by atoms with Crippen LogP contribution in [0.4, 0.5) is 0 Å². The number of hydrogen-bond donors (Lipinski definition) is 0. The van der Waals surface area contributed by atoms with E-state index in [0.717, 1.165) is 50.5 Å². The van der Waals surface area contributed by atoms with Gasteiger partial charge in [0.25, 0.3) is 0 Å². The molecular formula is C25H32O6Ti. The molecule has 32 heavy (non-hydrogen) atoms. The van der Waals surface area contributed by atoms with Gasteiger partial charge in [-0.15, -0.1) is 0 Å². The number of rotatable bonds is 7. The first-order valence-corrected chi connectivity index (χ1v) is 14.0. The third kappa shape index (κ3) is 4.91. The average Bonchev–Trinajstić information content (AvgIpc) is 3.11. The molecule has 0 aromatic carbocycles. The third-order valence-corrected chi connectivity index (χ3v) is 10.8. The molecule has 0 spiro atoms. The average molecular weight is 476 g/mol. The van der Waals surface area contributed by atoms with Crippen LogP contribution in [0.1, 0.15) is 72.1 Å². The van der Waals surface area contributed by atoms with Crippen LogP contribution in [-0.4, -0.2) is 17.9 Å². The van der Waals surface area contributed by atoms with Crippen LogP contribution in [0.3, 0.4) is 0 Å². The predicted molar refractivity (Wildman–Crippen MR) is 117 cm³/mol. The van der Waals surface area contributed by atoms with Crippen molar-refractivity contribution in [3.63, 3.8) is 0 Å². The molecule has 0 amide bonds. The van der Waals surface area contributed by atoms with Crippen LogP contribution < -0.4 is 0 Å². The summed E-state index contributed by atoms with van der Waals surface area (Å²) in [5, 5.41) is 0. The standard InChI is InChI=1S/C13H17.3C4H6O2.Ti/c1-3-7-12-10(5-1)9-11-6-2-4-8-13(11)12;3*1-3(2)4(5)6;/h5H,1-4,6-9H2;3*1H2,2H3,(H,5,6);/q;;;;+3/p-3. The molecular weight excluding hydrogens is 444 g/mol. The van der Waals surface area contributed by atoms with Crippen molar-refractivity contribution in [2.24, 2.45) is 0 Å². The molecule has 1 unspecified atom stereocenters. The van der Waals surface area contributed by atoms with Crippen LogP contribution in [0, 0.1) is 0 Å². The van der Waals surface area contributed by atoms with Crippen LogP contribution >= 0.6 is 0 Å². The van der Waals surface area contributed by atoms with Gasteiger partial charge in [-0.1, -0.05) is 0 Å². The predicted octanol–water partition coefficient (Wildman–Crippen LogP) is 5.79. The van der Waals surface area contributed by atoms with Crippen LogP contribution in [0.25, 0.3) is 0 Å². The van der Waals surface area contributed by atoms with Crippen molar-refractivity contribution in [1.29, 1.82) is 0 Å². The second kappa shape index (κ2) is 9.76. The summed E-state index contributed by atoms with van der Waals surface area (Å²) in [7, 11) is 0. The molecule has 7 heteroatoms. The van der Waals surface area contributed by atoms with Gasteiger partial charge in [-0.05, 0) is 0 Å². The normalized spacial score (nSPS) is 20.2. The van der Waals surface area contributed by atoms with Gasteiger partial charge < -0.3 is 0 Å². The zero-order valence-corrected chi connectivity index (χ0v) is 20.9. The maximum atomic E-state index is 12.7. The number of carbonyl (C=O) groups is 3. The van der Waals surface area contributed by atoms with E-state index < -0.39 is 39.9 Å². The molecule has 3 aliphatic rings. The fraction of sp³-hybridized carbons (Fsp3) is 0.480. The van der Waals surface area contributed by atoms with Gasteiger partial charge in [0.05, 0.1) is 0 Å². The Hall–Kier alpha value is -2.18. The SMILES string of the molecule is C=C(C)C(=O)[O][Ti]([O]C(=O)C(=C)C)([O]C(=O)C(=C)C)[CH]1CCCC2=C1CC1=C2CCCC1. The Bertz CT molecular complexity index is 898. The zero-order valence-electron chi connectivity index (χ0n) is 19.3. The van der Waals surface area contributed by atoms with Crippen LogP contribution in [-0.2, 0) is 42.1 Å². The molecule has 0 saturated heterocycles. The van der Waals surface area contributed by atoms with Crippen molar-refractivity contribution in [1.82, 2.24) is 0 Å². The number of fused-ring (bicyclic) bond motifs is 1. The van der Waals surface area contributed by atoms with Crippen molar-refractivity contribution in [3.05, 3.63) is 58.7 Å². The zero-order chi connectivity index (χ0) is 23.6. The molecule has 0 saturated carbocycles. The van der Waals surface area contributed by atoms with Gasteiger partial charge in [0, 0.05) is 0 Å². The number of allylic oxidation sites excluding steroid dienone is 4. The first-order chi connectivity index (χ1) is 15.1. The summed E-state index contributed by atoms with van der Waals surface area (Å²) in [5.41, 5.74) is 5.67.